The van der Waals surface area contributed by atoms with E-state index in [0.717, 1.165) is 5.56 Å². The van der Waals surface area contributed by atoms with Crippen molar-refractivity contribution in [3.8, 4) is 11.5 Å². The van der Waals surface area contributed by atoms with Gasteiger partial charge in [-0.1, -0.05) is 0 Å². The van der Waals surface area contributed by atoms with Crippen molar-refractivity contribution in [2.75, 3.05) is 25.6 Å². The Kier molecular flexibility index (Phi) is 4.59. The molecule has 0 fully saturated rings. The molecule has 0 spiro atoms. The van der Waals surface area contributed by atoms with Crippen LogP contribution in [-0.4, -0.2) is 56.2 Å². The second-order valence-corrected chi connectivity index (χ2v) is 4.42. The van der Waals surface area contributed by atoms with Crippen molar-refractivity contribution in [3.63, 3.8) is 0 Å². The fourth-order valence-electron chi connectivity index (χ4n) is 1.72. The van der Waals surface area contributed by atoms with Crippen molar-refractivity contribution in [1.82, 2.24) is 24.7 Å². The van der Waals surface area contributed by atoms with E-state index in [2.05, 4.69) is 25.4 Å². The molecule has 2 rings (SSSR count). The van der Waals surface area contributed by atoms with Crippen LogP contribution in [0.25, 0.3) is 11.5 Å². The third kappa shape index (κ3) is 3.28. The quantitative estimate of drug-likeness (QED) is 0.767. The predicted molar refractivity (Wildman–Crippen MR) is 73.1 cm³/mol. The molecule has 0 saturated carbocycles. The van der Waals surface area contributed by atoms with E-state index in [-0.39, 0.29) is 6.61 Å². The number of aryl methyl sites for hydroxylation is 2. The van der Waals surface area contributed by atoms with Gasteiger partial charge in [0.1, 0.15) is 12.0 Å². The number of hydrogen-bond donors (Lipinski definition) is 2. The van der Waals surface area contributed by atoms with Crippen molar-refractivity contribution >= 4 is 5.95 Å². The Bertz CT molecular complexity index is 571. The third-order valence-electron chi connectivity index (χ3n) is 2.75. The lowest BCUT2D eigenvalue weighted by atomic mass is 10.2. The number of nitrogens with zero attached hydrogens (tertiary/aromatic N) is 5. The molecule has 0 saturated heterocycles. The fraction of sp³-hybridized carbons (Fsp3) is 0.500. The second kappa shape index (κ2) is 6.40. The number of anilines is 1. The molecule has 0 aliphatic heterocycles. The second-order valence-electron chi connectivity index (χ2n) is 4.42. The molecule has 2 heterocycles. The number of ether oxygens (including phenoxy) is 1. The van der Waals surface area contributed by atoms with Gasteiger partial charge in [-0.25, -0.2) is 19.6 Å². The highest BCUT2D eigenvalue weighted by Gasteiger charge is 2.12. The first kappa shape index (κ1) is 14.4. The van der Waals surface area contributed by atoms with Crippen LogP contribution < -0.4 is 5.32 Å². The van der Waals surface area contributed by atoms with E-state index >= 15 is 0 Å². The minimum Gasteiger partial charge on any atom is -0.389 e. The molecule has 20 heavy (non-hydrogen) atoms. The smallest absolute Gasteiger partial charge is 0.223 e. The number of nitrogens with one attached hydrogen (secondary N) is 1. The summed E-state index contributed by atoms with van der Waals surface area (Å²) in [6, 6.07) is 0. The molecular formula is C12H18N6O2. The van der Waals surface area contributed by atoms with Gasteiger partial charge in [0.15, 0.2) is 5.82 Å². The van der Waals surface area contributed by atoms with E-state index in [0.29, 0.717) is 24.0 Å². The summed E-state index contributed by atoms with van der Waals surface area (Å²) in [5.74, 6) is 1.11. The van der Waals surface area contributed by atoms with Crippen LogP contribution in [0.15, 0.2) is 12.5 Å². The van der Waals surface area contributed by atoms with Gasteiger partial charge in [0, 0.05) is 26.9 Å². The van der Waals surface area contributed by atoms with Crippen molar-refractivity contribution in [2.24, 2.45) is 7.05 Å². The Balaban J connectivity index is 2.15. The van der Waals surface area contributed by atoms with E-state index in [1.807, 2.05) is 6.92 Å². The van der Waals surface area contributed by atoms with Gasteiger partial charge in [-0.05, 0) is 12.5 Å². The molecule has 8 heteroatoms. The lowest BCUT2D eigenvalue weighted by molar-refractivity contribution is 0.0726. The Morgan fingerprint density at radius 3 is 2.90 bits per heavy atom. The van der Waals surface area contributed by atoms with Gasteiger partial charge in [0.05, 0.1) is 12.7 Å². The minimum absolute atomic E-state index is 0.259. The maximum Gasteiger partial charge on any atom is 0.223 e. The van der Waals surface area contributed by atoms with E-state index in [1.165, 1.54) is 13.4 Å². The lowest BCUT2D eigenvalue weighted by Crippen LogP contribution is -2.25. The topological polar surface area (TPSA) is 98.0 Å². The summed E-state index contributed by atoms with van der Waals surface area (Å²) in [6.45, 7) is 2.48. The minimum atomic E-state index is -0.608. The molecule has 8 nitrogen and oxygen atoms in total. The van der Waals surface area contributed by atoms with Crippen molar-refractivity contribution in [2.45, 2.75) is 13.0 Å². The number of hydrogen-bond acceptors (Lipinski definition) is 7. The van der Waals surface area contributed by atoms with Crippen LogP contribution in [0.5, 0.6) is 0 Å². The van der Waals surface area contributed by atoms with Gasteiger partial charge >= 0.3 is 0 Å². The summed E-state index contributed by atoms with van der Waals surface area (Å²) in [7, 11) is 3.34. The van der Waals surface area contributed by atoms with E-state index in [4.69, 9.17) is 4.74 Å². The van der Waals surface area contributed by atoms with E-state index < -0.39 is 6.10 Å². The molecule has 1 atom stereocenters. The monoisotopic (exact) mass is 278 g/mol. The van der Waals surface area contributed by atoms with Crippen LogP contribution in [0.2, 0.25) is 0 Å². The number of methoxy groups -OCH3 is 1. The van der Waals surface area contributed by atoms with Gasteiger partial charge in [0.2, 0.25) is 5.95 Å². The zero-order valence-corrected chi connectivity index (χ0v) is 11.7. The largest absolute Gasteiger partial charge is 0.389 e. The Morgan fingerprint density at radius 1 is 1.45 bits per heavy atom. The average molecular weight is 278 g/mol. The molecule has 0 aliphatic rings. The first-order chi connectivity index (χ1) is 9.61. The Labute approximate surface area is 116 Å². The maximum absolute atomic E-state index is 9.59. The molecule has 0 bridgehead atoms. The highest BCUT2D eigenvalue weighted by molar-refractivity contribution is 5.55. The third-order valence-corrected chi connectivity index (χ3v) is 2.75. The van der Waals surface area contributed by atoms with Crippen molar-refractivity contribution in [3.05, 3.63) is 18.1 Å². The first-order valence-electron chi connectivity index (χ1n) is 6.20. The molecule has 0 amide bonds. The van der Waals surface area contributed by atoms with Crippen LogP contribution in [-0.2, 0) is 11.8 Å². The molecule has 0 unspecified atom stereocenters. The van der Waals surface area contributed by atoms with Gasteiger partial charge in [0.25, 0.3) is 0 Å². The van der Waals surface area contributed by atoms with Gasteiger partial charge in [-0.3, -0.25) is 0 Å². The highest BCUT2D eigenvalue weighted by atomic mass is 16.5. The maximum atomic E-state index is 9.59. The van der Waals surface area contributed by atoms with Crippen molar-refractivity contribution < 1.29 is 9.84 Å². The number of aliphatic hydroxyl groups is 1. The summed E-state index contributed by atoms with van der Waals surface area (Å²) in [6.07, 6.45) is 2.58. The molecule has 2 N–H and O–H groups in total. The summed E-state index contributed by atoms with van der Waals surface area (Å²) < 4.78 is 6.51. The Morgan fingerprint density at radius 2 is 2.25 bits per heavy atom. The highest BCUT2D eigenvalue weighted by Crippen LogP contribution is 2.18. The van der Waals surface area contributed by atoms with Crippen LogP contribution in [0, 0.1) is 6.92 Å². The molecule has 0 radical (unpaired) electrons. The zero-order chi connectivity index (χ0) is 14.5. The number of aliphatic hydroxyl groups excluding tert-OH is 1. The van der Waals surface area contributed by atoms with Crippen molar-refractivity contribution in [1.29, 1.82) is 0 Å². The van der Waals surface area contributed by atoms with Crippen LogP contribution in [0.1, 0.15) is 5.56 Å². The van der Waals surface area contributed by atoms with Crippen LogP contribution in [0.4, 0.5) is 5.95 Å². The average Bonchev–Trinajstić information content (AvgIpc) is 2.84. The molecule has 2 aromatic heterocycles. The molecule has 2 aromatic rings. The number of rotatable bonds is 6. The lowest BCUT2D eigenvalue weighted by Gasteiger charge is -2.11. The molecular weight excluding hydrogens is 260 g/mol. The fourth-order valence-corrected chi connectivity index (χ4v) is 1.72. The normalized spacial score (nSPS) is 12.4. The summed E-state index contributed by atoms with van der Waals surface area (Å²) in [5.41, 5.74) is 1.62. The summed E-state index contributed by atoms with van der Waals surface area (Å²) >= 11 is 0. The van der Waals surface area contributed by atoms with Crippen LogP contribution in [0.3, 0.4) is 0 Å². The van der Waals surface area contributed by atoms with Gasteiger partial charge < -0.3 is 15.2 Å². The summed E-state index contributed by atoms with van der Waals surface area (Å²) in [5, 5.41) is 16.6. The molecule has 108 valence electrons. The van der Waals surface area contributed by atoms with Gasteiger partial charge in [-0.15, -0.1) is 0 Å². The standard InChI is InChI=1S/C12H18N6O2/c1-8-4-13-12(14-5-9(19)6-20-3)17-10(8)11-15-7-16-18(11)2/h4,7,9,19H,5-6H2,1-3H3,(H,13,14,17)/t9-/m0/s1. The Hall–Kier alpha value is -2.06. The number of aromatic nitrogens is 5. The first-order valence-corrected chi connectivity index (χ1v) is 6.20. The molecule has 0 aliphatic carbocycles. The van der Waals surface area contributed by atoms with E-state index in [1.54, 1.807) is 17.9 Å². The summed E-state index contributed by atoms with van der Waals surface area (Å²) in [4.78, 5) is 12.8. The SMILES string of the molecule is COC[C@@H](O)CNc1ncc(C)c(-c2ncnn2C)n1. The van der Waals surface area contributed by atoms with Crippen LogP contribution >= 0.6 is 0 Å². The zero-order valence-electron chi connectivity index (χ0n) is 11.7. The predicted octanol–water partition coefficient (Wildman–Crippen LogP) is -0.000280. The van der Waals surface area contributed by atoms with Gasteiger partial charge in [-0.2, -0.15) is 5.10 Å². The molecule has 0 aromatic carbocycles. The van der Waals surface area contributed by atoms with E-state index in [9.17, 15) is 5.11 Å².